The van der Waals surface area contributed by atoms with E-state index in [-0.39, 0.29) is 24.6 Å². The highest BCUT2D eigenvalue weighted by Crippen LogP contribution is 2.36. The number of piperidine rings is 1. The average molecular weight is 302 g/mol. The number of aliphatic hydroxyl groups is 1. The zero-order valence-corrected chi connectivity index (χ0v) is 13.5. The molecule has 0 aromatic heterocycles. The van der Waals surface area contributed by atoms with Crippen molar-refractivity contribution in [3.8, 4) is 0 Å². The van der Waals surface area contributed by atoms with Crippen LogP contribution in [0, 0.1) is 18.8 Å². The van der Waals surface area contributed by atoms with Crippen molar-refractivity contribution in [1.29, 1.82) is 0 Å². The highest BCUT2D eigenvalue weighted by atomic mass is 16.3. The summed E-state index contributed by atoms with van der Waals surface area (Å²) in [6, 6.07) is 6.67. The van der Waals surface area contributed by atoms with Gasteiger partial charge in [0.25, 0.3) is 0 Å². The van der Waals surface area contributed by atoms with Gasteiger partial charge in [-0.05, 0) is 49.1 Å². The van der Waals surface area contributed by atoms with Crippen LogP contribution in [0.5, 0.6) is 0 Å². The highest BCUT2D eigenvalue weighted by molar-refractivity contribution is 5.75. The largest absolute Gasteiger partial charge is 0.396 e. The van der Waals surface area contributed by atoms with E-state index in [2.05, 4.69) is 37.4 Å². The topological polar surface area (TPSA) is 52.6 Å². The summed E-state index contributed by atoms with van der Waals surface area (Å²) in [5.74, 6) is 0.661. The Labute approximate surface area is 132 Å². The normalized spacial score (nSPS) is 27.6. The number of likely N-dealkylation sites (tertiary alicyclic amines) is 1. The Morgan fingerprint density at radius 1 is 1.45 bits per heavy atom. The van der Waals surface area contributed by atoms with E-state index in [9.17, 15) is 9.90 Å². The molecular formula is C18H26N2O2. The first-order chi connectivity index (χ1) is 10.6. The average Bonchev–Trinajstić information content (AvgIpc) is 2.83. The van der Waals surface area contributed by atoms with Crippen LogP contribution in [-0.4, -0.2) is 35.7 Å². The lowest BCUT2D eigenvalue weighted by molar-refractivity contribution is 0.126. The summed E-state index contributed by atoms with van der Waals surface area (Å²) in [5.41, 5.74) is 3.87. The summed E-state index contributed by atoms with van der Waals surface area (Å²) in [5, 5.41) is 12.6. The molecule has 2 aliphatic rings. The number of aliphatic hydroxyl groups excluding tert-OH is 1. The SMILES string of the molecule is Cc1ccc2c(c1)C(NC(=O)N1CCCC(CO)C1)C(C)C2. The number of hydrogen-bond acceptors (Lipinski definition) is 2. The molecule has 1 aromatic rings. The molecule has 0 spiro atoms. The Bertz CT molecular complexity index is 558. The second-order valence-electron chi connectivity index (χ2n) is 6.95. The van der Waals surface area contributed by atoms with E-state index in [4.69, 9.17) is 0 Å². The van der Waals surface area contributed by atoms with Gasteiger partial charge in [0.15, 0.2) is 0 Å². The number of hydrogen-bond donors (Lipinski definition) is 2. The van der Waals surface area contributed by atoms with Gasteiger partial charge in [0, 0.05) is 19.7 Å². The number of nitrogens with one attached hydrogen (secondary N) is 1. The summed E-state index contributed by atoms with van der Waals surface area (Å²) in [7, 11) is 0. The van der Waals surface area contributed by atoms with Crippen LogP contribution < -0.4 is 5.32 Å². The highest BCUT2D eigenvalue weighted by Gasteiger charge is 2.32. The van der Waals surface area contributed by atoms with Crippen LogP contribution in [0.1, 0.15) is 42.5 Å². The number of nitrogens with zero attached hydrogens (tertiary/aromatic N) is 1. The second kappa shape index (κ2) is 6.29. The number of urea groups is 1. The molecule has 0 bridgehead atoms. The van der Waals surface area contributed by atoms with Gasteiger partial charge in [-0.2, -0.15) is 0 Å². The first-order valence-corrected chi connectivity index (χ1v) is 8.34. The molecule has 3 unspecified atom stereocenters. The number of carbonyl (C=O) groups excluding carboxylic acids is 1. The molecular weight excluding hydrogens is 276 g/mol. The zero-order chi connectivity index (χ0) is 15.7. The maximum absolute atomic E-state index is 12.6. The molecule has 4 nitrogen and oxygen atoms in total. The van der Waals surface area contributed by atoms with Gasteiger partial charge in [0.1, 0.15) is 0 Å². The lowest BCUT2D eigenvalue weighted by Gasteiger charge is -2.33. The molecule has 1 saturated heterocycles. The number of carbonyl (C=O) groups is 1. The fourth-order valence-electron chi connectivity index (χ4n) is 3.80. The molecule has 120 valence electrons. The molecule has 2 amide bonds. The predicted octanol–water partition coefficient (Wildman–Crippen LogP) is 2.64. The Hall–Kier alpha value is -1.55. The minimum Gasteiger partial charge on any atom is -0.396 e. The zero-order valence-electron chi connectivity index (χ0n) is 13.5. The van der Waals surface area contributed by atoms with Crippen molar-refractivity contribution < 1.29 is 9.90 Å². The summed E-state index contributed by atoms with van der Waals surface area (Å²) >= 11 is 0. The Kier molecular flexibility index (Phi) is 4.39. The van der Waals surface area contributed by atoms with Crippen LogP contribution >= 0.6 is 0 Å². The van der Waals surface area contributed by atoms with E-state index in [0.29, 0.717) is 12.5 Å². The molecule has 3 atom stereocenters. The van der Waals surface area contributed by atoms with E-state index in [1.165, 1.54) is 16.7 Å². The maximum Gasteiger partial charge on any atom is 0.317 e. The van der Waals surface area contributed by atoms with Gasteiger partial charge in [-0.3, -0.25) is 0 Å². The standard InChI is InChI=1S/C18H26N2O2/c1-12-5-6-15-9-13(2)17(16(15)8-12)19-18(22)20-7-3-4-14(10-20)11-21/h5-6,8,13-14,17,21H,3-4,7,9-11H2,1-2H3,(H,19,22). The second-order valence-corrected chi connectivity index (χ2v) is 6.95. The quantitative estimate of drug-likeness (QED) is 0.882. The van der Waals surface area contributed by atoms with Gasteiger partial charge < -0.3 is 15.3 Å². The fraction of sp³-hybridized carbons (Fsp3) is 0.611. The minimum atomic E-state index is 0.0179. The van der Waals surface area contributed by atoms with E-state index in [1.807, 2.05) is 4.90 Å². The number of rotatable bonds is 2. The summed E-state index contributed by atoms with van der Waals surface area (Å²) < 4.78 is 0. The van der Waals surface area contributed by atoms with Crippen molar-refractivity contribution >= 4 is 6.03 Å². The predicted molar refractivity (Wildman–Crippen MR) is 86.7 cm³/mol. The van der Waals surface area contributed by atoms with Gasteiger partial charge in [0.2, 0.25) is 0 Å². The van der Waals surface area contributed by atoms with Gasteiger partial charge in [-0.15, -0.1) is 0 Å². The molecule has 22 heavy (non-hydrogen) atoms. The molecule has 3 rings (SSSR count). The van der Waals surface area contributed by atoms with E-state index in [0.717, 1.165) is 25.8 Å². The monoisotopic (exact) mass is 302 g/mol. The molecule has 1 aliphatic heterocycles. The molecule has 0 radical (unpaired) electrons. The minimum absolute atomic E-state index is 0.0179. The van der Waals surface area contributed by atoms with Crippen LogP contribution in [0.2, 0.25) is 0 Å². The van der Waals surface area contributed by atoms with Gasteiger partial charge >= 0.3 is 6.03 Å². The van der Waals surface area contributed by atoms with Crippen LogP contribution in [0.3, 0.4) is 0 Å². The number of aryl methyl sites for hydroxylation is 1. The fourth-order valence-corrected chi connectivity index (χ4v) is 3.80. The lowest BCUT2D eigenvalue weighted by atomic mass is 9.99. The van der Waals surface area contributed by atoms with Crippen molar-refractivity contribution in [2.75, 3.05) is 19.7 Å². The first kappa shape index (κ1) is 15.3. The molecule has 1 aliphatic carbocycles. The number of amides is 2. The van der Waals surface area contributed by atoms with E-state index >= 15 is 0 Å². The first-order valence-electron chi connectivity index (χ1n) is 8.34. The van der Waals surface area contributed by atoms with Gasteiger partial charge in [0.05, 0.1) is 6.04 Å². The number of benzene rings is 1. The van der Waals surface area contributed by atoms with Crippen LogP contribution in [-0.2, 0) is 6.42 Å². The van der Waals surface area contributed by atoms with Crippen molar-refractivity contribution in [1.82, 2.24) is 10.2 Å². The van der Waals surface area contributed by atoms with Crippen molar-refractivity contribution in [2.45, 2.75) is 39.2 Å². The van der Waals surface area contributed by atoms with E-state index < -0.39 is 0 Å². The molecule has 2 N–H and O–H groups in total. The summed E-state index contributed by atoms with van der Waals surface area (Å²) in [4.78, 5) is 14.5. The number of fused-ring (bicyclic) bond motifs is 1. The molecule has 0 saturated carbocycles. The maximum atomic E-state index is 12.6. The van der Waals surface area contributed by atoms with Crippen LogP contribution in [0.25, 0.3) is 0 Å². The Balaban J connectivity index is 1.70. The van der Waals surface area contributed by atoms with Crippen molar-refractivity contribution in [2.24, 2.45) is 11.8 Å². The van der Waals surface area contributed by atoms with Gasteiger partial charge in [-0.1, -0.05) is 30.7 Å². The molecule has 1 fully saturated rings. The van der Waals surface area contributed by atoms with Crippen molar-refractivity contribution in [3.63, 3.8) is 0 Å². The molecule has 1 aromatic carbocycles. The summed E-state index contributed by atoms with van der Waals surface area (Å²) in [6.07, 6.45) is 3.02. The van der Waals surface area contributed by atoms with Crippen molar-refractivity contribution in [3.05, 3.63) is 34.9 Å². The van der Waals surface area contributed by atoms with E-state index in [1.54, 1.807) is 0 Å². The smallest absolute Gasteiger partial charge is 0.317 e. The Morgan fingerprint density at radius 2 is 2.27 bits per heavy atom. The molecule has 4 heteroatoms. The lowest BCUT2D eigenvalue weighted by Crippen LogP contribution is -2.47. The summed E-state index contributed by atoms with van der Waals surface area (Å²) in [6.45, 7) is 5.94. The van der Waals surface area contributed by atoms with Gasteiger partial charge in [-0.25, -0.2) is 4.79 Å². The van der Waals surface area contributed by atoms with Crippen LogP contribution in [0.4, 0.5) is 4.79 Å². The van der Waals surface area contributed by atoms with Crippen LogP contribution in [0.15, 0.2) is 18.2 Å². The third-order valence-electron chi connectivity index (χ3n) is 5.09. The third kappa shape index (κ3) is 2.98. The third-order valence-corrected chi connectivity index (χ3v) is 5.09. The Morgan fingerprint density at radius 3 is 3.05 bits per heavy atom. The molecule has 1 heterocycles.